The maximum Gasteiger partial charge on any atom is 0.276 e. The molecule has 6 nitrogen and oxygen atoms in total. The van der Waals surface area contributed by atoms with Gasteiger partial charge in [0.15, 0.2) is 11.5 Å². The third-order valence-electron chi connectivity index (χ3n) is 4.81. The molecule has 0 spiro atoms. The van der Waals surface area contributed by atoms with E-state index in [-0.39, 0.29) is 11.7 Å². The van der Waals surface area contributed by atoms with Crippen LogP contribution in [0.4, 0.5) is 5.69 Å². The molecule has 1 aliphatic carbocycles. The van der Waals surface area contributed by atoms with E-state index >= 15 is 0 Å². The molecule has 1 N–H and O–H groups in total. The second-order valence-corrected chi connectivity index (χ2v) is 6.93. The SMILES string of the molecule is COc1ccc(-n2nc(C(=O)Nc3cccc(C(C)=O)c3)cc2C2CC2)cc1. The standard InChI is InChI=1S/C22H21N3O3/c1-14(26)16-4-3-5-17(12-16)23-22(27)20-13-21(15-6-7-15)25(24-20)18-8-10-19(28-2)11-9-18/h3-5,8-13,15H,6-7H2,1-2H3,(H,23,27). The summed E-state index contributed by atoms with van der Waals surface area (Å²) >= 11 is 0. The lowest BCUT2D eigenvalue weighted by Crippen LogP contribution is -2.13. The number of aromatic nitrogens is 2. The number of amides is 1. The summed E-state index contributed by atoms with van der Waals surface area (Å²) in [6.45, 7) is 1.50. The van der Waals surface area contributed by atoms with E-state index in [1.165, 1.54) is 6.92 Å². The van der Waals surface area contributed by atoms with Crippen LogP contribution in [0.15, 0.2) is 54.6 Å². The molecular formula is C22H21N3O3. The maximum atomic E-state index is 12.7. The second-order valence-electron chi connectivity index (χ2n) is 6.93. The average molecular weight is 375 g/mol. The summed E-state index contributed by atoms with van der Waals surface area (Å²) in [4.78, 5) is 24.3. The first-order valence-electron chi connectivity index (χ1n) is 9.22. The number of ketones is 1. The third-order valence-corrected chi connectivity index (χ3v) is 4.81. The highest BCUT2D eigenvalue weighted by molar-refractivity contribution is 6.04. The van der Waals surface area contributed by atoms with E-state index in [2.05, 4.69) is 10.4 Å². The molecule has 0 unspecified atom stereocenters. The molecule has 0 radical (unpaired) electrons. The lowest BCUT2D eigenvalue weighted by molar-refractivity contribution is 0.100. The summed E-state index contributed by atoms with van der Waals surface area (Å²) in [6.07, 6.45) is 2.20. The number of methoxy groups -OCH3 is 1. The molecule has 3 aromatic rings. The normalized spacial score (nSPS) is 13.2. The molecule has 0 atom stereocenters. The Kier molecular flexibility index (Phi) is 4.69. The fourth-order valence-electron chi connectivity index (χ4n) is 3.12. The van der Waals surface area contributed by atoms with Gasteiger partial charge in [0.05, 0.1) is 12.8 Å². The van der Waals surface area contributed by atoms with Crippen molar-refractivity contribution in [1.29, 1.82) is 0 Å². The molecule has 1 aliphatic rings. The molecule has 1 heterocycles. The van der Waals surface area contributed by atoms with Crippen molar-refractivity contribution in [2.45, 2.75) is 25.7 Å². The van der Waals surface area contributed by atoms with Gasteiger partial charge in [0.25, 0.3) is 5.91 Å². The Balaban J connectivity index is 1.62. The molecule has 4 rings (SSSR count). The van der Waals surface area contributed by atoms with Crippen LogP contribution >= 0.6 is 0 Å². The maximum absolute atomic E-state index is 12.7. The third kappa shape index (κ3) is 3.67. The van der Waals surface area contributed by atoms with E-state index in [9.17, 15) is 9.59 Å². The Morgan fingerprint density at radius 3 is 2.50 bits per heavy atom. The number of carbonyl (C=O) groups excluding carboxylic acids is 2. The number of Topliss-reactive ketones (excluding diaryl/α,β-unsaturated/α-hetero) is 1. The van der Waals surface area contributed by atoms with Crippen LogP contribution in [0.5, 0.6) is 5.75 Å². The molecule has 0 saturated heterocycles. The number of benzene rings is 2. The molecule has 1 aromatic heterocycles. The van der Waals surface area contributed by atoms with E-state index in [1.54, 1.807) is 31.4 Å². The van der Waals surface area contributed by atoms with Gasteiger partial charge in [-0.3, -0.25) is 9.59 Å². The topological polar surface area (TPSA) is 73.2 Å². The lowest BCUT2D eigenvalue weighted by Gasteiger charge is -2.07. The summed E-state index contributed by atoms with van der Waals surface area (Å²) in [5.74, 6) is 0.857. The summed E-state index contributed by atoms with van der Waals surface area (Å²) < 4.78 is 7.04. The predicted molar refractivity (Wildman–Crippen MR) is 106 cm³/mol. The molecule has 1 saturated carbocycles. The first-order chi connectivity index (χ1) is 13.5. The monoisotopic (exact) mass is 375 g/mol. The molecule has 6 heteroatoms. The highest BCUT2D eigenvalue weighted by Gasteiger charge is 2.29. The van der Waals surface area contributed by atoms with E-state index in [4.69, 9.17) is 4.74 Å². The number of anilines is 1. The Labute approximate surface area is 163 Å². The number of ether oxygens (including phenoxy) is 1. The minimum Gasteiger partial charge on any atom is -0.497 e. The zero-order valence-corrected chi connectivity index (χ0v) is 15.8. The Bertz CT molecular complexity index is 1030. The highest BCUT2D eigenvalue weighted by atomic mass is 16.5. The van der Waals surface area contributed by atoms with Crippen LogP contribution in [-0.4, -0.2) is 28.6 Å². The number of carbonyl (C=O) groups is 2. The van der Waals surface area contributed by atoms with Crippen molar-refractivity contribution in [3.05, 3.63) is 71.5 Å². The minimum atomic E-state index is -0.296. The average Bonchev–Trinajstić information content (AvgIpc) is 3.46. The zero-order chi connectivity index (χ0) is 19.7. The van der Waals surface area contributed by atoms with Crippen molar-refractivity contribution in [3.8, 4) is 11.4 Å². The quantitative estimate of drug-likeness (QED) is 0.655. The van der Waals surface area contributed by atoms with Crippen LogP contribution in [-0.2, 0) is 0 Å². The van der Waals surface area contributed by atoms with Crippen molar-refractivity contribution in [2.24, 2.45) is 0 Å². The second kappa shape index (κ2) is 7.31. The fraction of sp³-hybridized carbons (Fsp3) is 0.227. The molecule has 28 heavy (non-hydrogen) atoms. The lowest BCUT2D eigenvalue weighted by atomic mass is 10.1. The molecule has 1 amide bonds. The van der Waals surface area contributed by atoms with Crippen molar-refractivity contribution in [3.63, 3.8) is 0 Å². The van der Waals surface area contributed by atoms with Gasteiger partial charge in [-0.2, -0.15) is 5.10 Å². The van der Waals surface area contributed by atoms with Crippen LogP contribution in [0.3, 0.4) is 0 Å². The van der Waals surface area contributed by atoms with Gasteiger partial charge in [-0.15, -0.1) is 0 Å². The zero-order valence-electron chi connectivity index (χ0n) is 15.8. The Hall–Kier alpha value is -3.41. The van der Waals surface area contributed by atoms with Gasteiger partial charge < -0.3 is 10.1 Å². The van der Waals surface area contributed by atoms with E-state index in [0.717, 1.165) is 30.0 Å². The molecule has 0 bridgehead atoms. The summed E-state index contributed by atoms with van der Waals surface area (Å²) in [5, 5.41) is 7.38. The fourth-order valence-corrected chi connectivity index (χ4v) is 3.12. The van der Waals surface area contributed by atoms with Crippen molar-refractivity contribution in [1.82, 2.24) is 9.78 Å². The van der Waals surface area contributed by atoms with Gasteiger partial charge >= 0.3 is 0 Å². The largest absolute Gasteiger partial charge is 0.497 e. The highest BCUT2D eigenvalue weighted by Crippen LogP contribution is 2.41. The molecule has 142 valence electrons. The minimum absolute atomic E-state index is 0.0455. The molecule has 1 fully saturated rings. The van der Waals surface area contributed by atoms with Crippen LogP contribution in [0.1, 0.15) is 52.2 Å². The van der Waals surface area contributed by atoms with Gasteiger partial charge in [0, 0.05) is 22.9 Å². The summed E-state index contributed by atoms with van der Waals surface area (Å²) in [6, 6.07) is 16.4. The molecule has 2 aromatic carbocycles. The number of hydrogen-bond acceptors (Lipinski definition) is 4. The molecule has 0 aliphatic heterocycles. The number of nitrogens with one attached hydrogen (secondary N) is 1. The van der Waals surface area contributed by atoms with Crippen molar-refractivity contribution in [2.75, 3.05) is 12.4 Å². The van der Waals surface area contributed by atoms with E-state index in [0.29, 0.717) is 22.9 Å². The van der Waals surface area contributed by atoms with Crippen LogP contribution in [0.25, 0.3) is 5.69 Å². The Morgan fingerprint density at radius 1 is 1.11 bits per heavy atom. The summed E-state index contributed by atoms with van der Waals surface area (Å²) in [7, 11) is 1.63. The van der Waals surface area contributed by atoms with Gasteiger partial charge in [-0.05, 0) is 62.2 Å². The van der Waals surface area contributed by atoms with Crippen LogP contribution < -0.4 is 10.1 Å². The predicted octanol–water partition coefficient (Wildman–Crippen LogP) is 4.21. The first kappa shape index (κ1) is 18.0. The van der Waals surface area contributed by atoms with Gasteiger partial charge in [0.1, 0.15) is 5.75 Å². The van der Waals surface area contributed by atoms with Gasteiger partial charge in [0.2, 0.25) is 0 Å². The number of rotatable bonds is 6. The van der Waals surface area contributed by atoms with Crippen molar-refractivity contribution < 1.29 is 14.3 Å². The van der Waals surface area contributed by atoms with Gasteiger partial charge in [-0.1, -0.05) is 12.1 Å². The summed E-state index contributed by atoms with van der Waals surface area (Å²) in [5.41, 5.74) is 3.41. The van der Waals surface area contributed by atoms with E-state index in [1.807, 2.05) is 35.0 Å². The van der Waals surface area contributed by atoms with Gasteiger partial charge in [-0.25, -0.2) is 4.68 Å². The number of nitrogens with zero attached hydrogens (tertiary/aromatic N) is 2. The first-order valence-corrected chi connectivity index (χ1v) is 9.22. The Morgan fingerprint density at radius 2 is 1.86 bits per heavy atom. The molecular weight excluding hydrogens is 354 g/mol. The van der Waals surface area contributed by atoms with Crippen LogP contribution in [0, 0.1) is 0 Å². The van der Waals surface area contributed by atoms with E-state index < -0.39 is 0 Å². The van der Waals surface area contributed by atoms with Crippen molar-refractivity contribution >= 4 is 17.4 Å². The smallest absolute Gasteiger partial charge is 0.276 e. The van der Waals surface area contributed by atoms with Crippen LogP contribution in [0.2, 0.25) is 0 Å². The number of hydrogen-bond donors (Lipinski definition) is 1.